The van der Waals surface area contributed by atoms with Gasteiger partial charge < -0.3 is 52.1 Å². The molecule has 0 aromatic rings. The van der Waals surface area contributed by atoms with E-state index in [-0.39, 0.29) is 39.6 Å². The largest absolute Gasteiger partial charge is 0.456 e. The second-order valence-corrected chi connectivity index (χ2v) is 12.1. The number of halogens is 2. The van der Waals surface area contributed by atoms with Crippen molar-refractivity contribution in [1.82, 2.24) is 0 Å². The number of hydrogen-bond acceptors (Lipinski definition) is 17. The van der Waals surface area contributed by atoms with Crippen molar-refractivity contribution in [3.05, 3.63) is 0 Å². The molecule has 2 saturated heterocycles. The van der Waals surface area contributed by atoms with Crippen molar-refractivity contribution in [2.45, 2.75) is 100 Å². The summed E-state index contributed by atoms with van der Waals surface area (Å²) in [5, 5.41) is -1.79. The monoisotopic (exact) mass is 806 g/mol. The van der Waals surface area contributed by atoms with Crippen LogP contribution in [0.2, 0.25) is 0 Å². The molecular formula is C28H40Br2O17. The van der Waals surface area contributed by atoms with Crippen LogP contribution in [0, 0.1) is 0 Å². The lowest BCUT2D eigenvalue weighted by Gasteiger charge is -2.42. The summed E-state index contributed by atoms with van der Waals surface area (Å²) in [7, 11) is 0. The molecule has 17 nitrogen and oxygen atoms in total. The van der Waals surface area contributed by atoms with Gasteiger partial charge in [0.25, 0.3) is 0 Å². The summed E-state index contributed by atoms with van der Waals surface area (Å²) in [5.74, 6) is -4.01. The van der Waals surface area contributed by atoms with Gasteiger partial charge >= 0.3 is 35.8 Å². The summed E-state index contributed by atoms with van der Waals surface area (Å²) >= 11 is 6.55. The minimum absolute atomic E-state index is 0.0907. The van der Waals surface area contributed by atoms with E-state index < -0.39 is 94.7 Å². The molecule has 2 rings (SSSR count). The normalized spacial score (nSPS) is 30.4. The maximum absolute atomic E-state index is 11.8. The number of carbonyl (C=O) groups excluding carboxylic acids is 6. The molecule has 0 amide bonds. The van der Waals surface area contributed by atoms with Crippen molar-refractivity contribution in [1.29, 1.82) is 0 Å². The first-order chi connectivity index (χ1) is 22.1. The highest BCUT2D eigenvalue weighted by Crippen LogP contribution is 2.33. The van der Waals surface area contributed by atoms with E-state index in [1.165, 1.54) is 41.5 Å². The van der Waals surface area contributed by atoms with Gasteiger partial charge in [0.1, 0.15) is 12.2 Å². The van der Waals surface area contributed by atoms with Crippen LogP contribution in [0.15, 0.2) is 0 Å². The third-order valence-corrected chi connectivity index (χ3v) is 7.75. The van der Waals surface area contributed by atoms with Crippen LogP contribution in [0.1, 0.15) is 41.5 Å². The molecule has 2 aliphatic rings. The molecule has 0 saturated carbocycles. The quantitative estimate of drug-likeness (QED) is 0.0919. The van der Waals surface area contributed by atoms with E-state index in [1.807, 2.05) is 0 Å². The van der Waals surface area contributed by atoms with Gasteiger partial charge in [0.2, 0.25) is 0 Å². The summed E-state index contributed by atoms with van der Waals surface area (Å²) < 4.78 is 60.4. The van der Waals surface area contributed by atoms with Gasteiger partial charge in [0.15, 0.2) is 46.7 Å². The highest BCUT2D eigenvalue weighted by molar-refractivity contribution is 9.09. The lowest BCUT2D eigenvalue weighted by molar-refractivity contribution is -0.237. The molecule has 268 valence electrons. The molecule has 0 aromatic heterocycles. The Labute approximate surface area is 288 Å². The van der Waals surface area contributed by atoms with E-state index in [9.17, 15) is 28.8 Å². The fourth-order valence-corrected chi connectivity index (χ4v) is 6.06. The average molecular weight is 808 g/mol. The molecule has 2 aliphatic heterocycles. The zero-order valence-corrected chi connectivity index (χ0v) is 29.9. The smallest absolute Gasteiger partial charge is 0.303 e. The first kappa shape index (κ1) is 40.8. The fraction of sp³-hybridized carbons (Fsp3) is 0.786. The Balaban J connectivity index is 1.86. The van der Waals surface area contributed by atoms with Crippen molar-refractivity contribution < 1.29 is 80.9 Å². The highest BCUT2D eigenvalue weighted by atomic mass is 79.9. The van der Waals surface area contributed by atoms with Crippen LogP contribution in [0.25, 0.3) is 0 Å². The Morgan fingerprint density at radius 3 is 0.979 bits per heavy atom. The number of hydrogen-bond donors (Lipinski definition) is 0. The summed E-state index contributed by atoms with van der Waals surface area (Å²) in [5.41, 5.74) is 0. The van der Waals surface area contributed by atoms with E-state index in [4.69, 9.17) is 52.1 Å². The lowest BCUT2D eigenvalue weighted by atomic mass is 9.99. The maximum Gasteiger partial charge on any atom is 0.303 e. The minimum Gasteiger partial charge on any atom is -0.456 e. The minimum atomic E-state index is -1.16. The molecular weight excluding hydrogens is 768 g/mol. The molecule has 19 heteroatoms. The van der Waals surface area contributed by atoms with Gasteiger partial charge in [-0.1, -0.05) is 31.9 Å². The van der Waals surface area contributed by atoms with Gasteiger partial charge in [-0.2, -0.15) is 0 Å². The van der Waals surface area contributed by atoms with E-state index in [0.717, 1.165) is 0 Å². The van der Waals surface area contributed by atoms with Gasteiger partial charge in [-0.3, -0.25) is 28.8 Å². The molecule has 0 radical (unpaired) electrons. The van der Waals surface area contributed by atoms with Crippen LogP contribution < -0.4 is 0 Å². The van der Waals surface area contributed by atoms with E-state index in [1.54, 1.807) is 0 Å². The predicted molar refractivity (Wildman–Crippen MR) is 161 cm³/mol. The third kappa shape index (κ3) is 13.9. The Kier molecular flexibility index (Phi) is 17.5. The van der Waals surface area contributed by atoms with Gasteiger partial charge in [-0.25, -0.2) is 0 Å². The van der Waals surface area contributed by atoms with Gasteiger partial charge in [0.05, 0.1) is 39.6 Å². The Morgan fingerprint density at radius 2 is 0.681 bits per heavy atom. The summed E-state index contributed by atoms with van der Waals surface area (Å²) in [4.78, 5) is 70.4. The molecule has 0 N–H and O–H groups in total. The number of rotatable bonds is 16. The third-order valence-electron chi connectivity index (χ3n) is 6.27. The Hall–Kier alpha value is -2.42. The lowest BCUT2D eigenvalue weighted by Crippen LogP contribution is -2.60. The second-order valence-electron chi connectivity index (χ2n) is 10.3. The molecule has 2 fully saturated rings. The predicted octanol–water partition coefficient (Wildman–Crippen LogP) is 0.866. The van der Waals surface area contributed by atoms with Crippen molar-refractivity contribution in [3.63, 3.8) is 0 Å². The van der Waals surface area contributed by atoms with Gasteiger partial charge in [-0.05, 0) is 0 Å². The highest BCUT2D eigenvalue weighted by Gasteiger charge is 2.52. The van der Waals surface area contributed by atoms with Crippen LogP contribution in [-0.4, -0.2) is 134 Å². The van der Waals surface area contributed by atoms with Gasteiger partial charge in [0, 0.05) is 41.5 Å². The number of esters is 6. The van der Waals surface area contributed by atoms with Crippen LogP contribution in [0.4, 0.5) is 0 Å². The standard InChI is InChI=1S/C28H40Br2O17/c1-13(31)40-21-19(46-27(29)25(44-17(5)35)23(21)42-15(3)33)11-38-9-7-37-8-10-39-12-20-22(41-14(2)32)24(43-16(4)34)26(28(30)47-20)45-18(6)36/h19-28H,7-12H2,1-6H3/t19-,20-,21+,22+,23+,24+,25-,26-,27+,28+/m1/s1. The van der Waals surface area contributed by atoms with Crippen molar-refractivity contribution in [3.8, 4) is 0 Å². The Morgan fingerprint density at radius 1 is 0.426 bits per heavy atom. The number of carbonyl (C=O) groups is 6. The van der Waals surface area contributed by atoms with Crippen LogP contribution in [0.3, 0.4) is 0 Å². The van der Waals surface area contributed by atoms with Crippen molar-refractivity contribution in [2.75, 3.05) is 39.6 Å². The van der Waals surface area contributed by atoms with Gasteiger partial charge in [-0.15, -0.1) is 0 Å². The molecule has 0 spiro atoms. The zero-order chi connectivity index (χ0) is 35.3. The van der Waals surface area contributed by atoms with Crippen LogP contribution in [0.5, 0.6) is 0 Å². The fourth-order valence-electron chi connectivity index (χ4n) is 4.69. The summed E-state index contributed by atoms with van der Waals surface area (Å²) in [6.45, 7) is 7.31. The molecule has 0 bridgehead atoms. The maximum atomic E-state index is 11.8. The molecule has 10 atom stereocenters. The number of alkyl halides is 2. The first-order valence-electron chi connectivity index (χ1n) is 14.5. The molecule has 0 unspecified atom stereocenters. The van der Waals surface area contributed by atoms with Crippen LogP contribution in [-0.2, 0) is 80.9 Å². The summed E-state index contributed by atoms with van der Waals surface area (Å²) in [6, 6.07) is 0. The molecule has 0 aromatic carbocycles. The SMILES string of the molecule is CC(=O)O[C@@H]1[C@@H](OC(C)=O)[C@@H](Br)O[C@H](COCCOCCOC[C@H]2O[C@H](Br)[C@H](OC(C)=O)[C@@H](OC(C)=O)[C@H]2OC(C)=O)[C@@H]1OC(C)=O. The Bertz CT molecular complexity index is 1010. The van der Waals surface area contributed by atoms with E-state index >= 15 is 0 Å². The van der Waals surface area contributed by atoms with Crippen molar-refractivity contribution >= 4 is 67.7 Å². The van der Waals surface area contributed by atoms with Crippen molar-refractivity contribution in [2.24, 2.45) is 0 Å². The van der Waals surface area contributed by atoms with E-state index in [2.05, 4.69) is 31.9 Å². The molecule has 47 heavy (non-hydrogen) atoms. The molecule has 2 heterocycles. The average Bonchev–Trinajstić information content (AvgIpc) is 2.94. The topological polar surface area (TPSA) is 204 Å². The number of ether oxygens (including phenoxy) is 11. The zero-order valence-electron chi connectivity index (χ0n) is 26.7. The van der Waals surface area contributed by atoms with E-state index in [0.29, 0.717) is 0 Å². The first-order valence-corrected chi connectivity index (χ1v) is 16.3. The van der Waals surface area contributed by atoms with Crippen LogP contribution >= 0.6 is 31.9 Å². The molecule has 0 aliphatic carbocycles. The summed E-state index contributed by atoms with van der Waals surface area (Å²) in [6.07, 6.45) is -8.55. The second kappa shape index (κ2) is 20.2.